The van der Waals surface area contributed by atoms with Crippen LogP contribution < -0.4 is 0 Å². The first-order valence-corrected chi connectivity index (χ1v) is 11.4. The summed E-state index contributed by atoms with van der Waals surface area (Å²) < 4.78 is 5.61. The van der Waals surface area contributed by atoms with Crippen LogP contribution in [0.2, 0.25) is 0 Å². The van der Waals surface area contributed by atoms with E-state index < -0.39 is 0 Å². The Morgan fingerprint density at radius 2 is 1.62 bits per heavy atom. The maximum absolute atomic E-state index is 11.4. The van der Waals surface area contributed by atoms with Gasteiger partial charge in [-0.05, 0) is 104 Å². The normalized spacial score (nSPS) is 50.7. The van der Waals surface area contributed by atoms with Crippen molar-refractivity contribution in [2.75, 3.05) is 0 Å². The summed E-state index contributed by atoms with van der Waals surface area (Å²) in [4.78, 5) is 11.4. The standard InChI is InChI=1S/C24H40O2/c1-15(2)20-8-9-21-19-7-6-17-14-18(26-16(3)25)10-12-23(17,4)22(19)11-13-24(20,21)5/h15,17-22H,6-14H2,1-5H3/t17-,18+,19-,20-,21+,22+,23-,24+/m0/s1. The number of hydrogen-bond donors (Lipinski definition) is 0. The lowest BCUT2D eigenvalue weighted by Crippen LogP contribution is -2.54. The largest absolute Gasteiger partial charge is 0.463 e. The quantitative estimate of drug-likeness (QED) is 0.545. The van der Waals surface area contributed by atoms with Crippen molar-refractivity contribution in [3.63, 3.8) is 0 Å². The molecule has 2 nitrogen and oxygen atoms in total. The highest BCUT2D eigenvalue weighted by Crippen LogP contribution is 2.68. The summed E-state index contributed by atoms with van der Waals surface area (Å²) in [6.45, 7) is 11.7. The van der Waals surface area contributed by atoms with Crippen LogP contribution in [0.25, 0.3) is 0 Å². The lowest BCUT2D eigenvalue weighted by Gasteiger charge is -2.61. The molecule has 0 N–H and O–H groups in total. The Morgan fingerprint density at radius 3 is 2.31 bits per heavy atom. The van der Waals surface area contributed by atoms with E-state index in [9.17, 15) is 4.79 Å². The third-order valence-corrected chi connectivity index (χ3v) is 9.83. The average Bonchev–Trinajstić information content (AvgIpc) is 2.92. The van der Waals surface area contributed by atoms with Crippen LogP contribution in [0.3, 0.4) is 0 Å². The monoisotopic (exact) mass is 360 g/mol. The van der Waals surface area contributed by atoms with Crippen LogP contribution >= 0.6 is 0 Å². The van der Waals surface area contributed by atoms with E-state index in [0.717, 1.165) is 48.3 Å². The first kappa shape index (κ1) is 18.8. The average molecular weight is 361 g/mol. The fourth-order valence-electron chi connectivity index (χ4n) is 8.70. The van der Waals surface area contributed by atoms with Crippen LogP contribution in [0.4, 0.5) is 0 Å². The van der Waals surface area contributed by atoms with E-state index in [2.05, 4.69) is 27.7 Å². The molecule has 0 unspecified atom stereocenters. The molecule has 148 valence electrons. The second kappa shape index (κ2) is 6.52. The summed E-state index contributed by atoms with van der Waals surface area (Å²) >= 11 is 0. The smallest absolute Gasteiger partial charge is 0.302 e. The molecule has 0 amide bonds. The molecule has 4 saturated carbocycles. The van der Waals surface area contributed by atoms with Crippen molar-refractivity contribution in [1.82, 2.24) is 0 Å². The molecule has 8 atom stereocenters. The molecule has 0 heterocycles. The Hall–Kier alpha value is -0.530. The van der Waals surface area contributed by atoms with Crippen LogP contribution in [-0.4, -0.2) is 12.1 Å². The van der Waals surface area contributed by atoms with Crippen LogP contribution in [0.15, 0.2) is 0 Å². The Labute approximate surface area is 160 Å². The molecular weight excluding hydrogens is 320 g/mol. The molecule has 2 heteroatoms. The third kappa shape index (κ3) is 2.76. The second-order valence-corrected chi connectivity index (χ2v) is 11.1. The van der Waals surface area contributed by atoms with Gasteiger partial charge in [0.25, 0.3) is 0 Å². The number of fused-ring (bicyclic) bond motifs is 5. The molecule has 0 aromatic carbocycles. The highest BCUT2D eigenvalue weighted by molar-refractivity contribution is 5.66. The molecule has 0 aromatic rings. The van der Waals surface area contributed by atoms with Crippen LogP contribution in [0, 0.1) is 46.3 Å². The fourth-order valence-corrected chi connectivity index (χ4v) is 8.70. The zero-order chi connectivity index (χ0) is 18.7. The summed E-state index contributed by atoms with van der Waals surface area (Å²) in [6, 6.07) is 0. The third-order valence-electron chi connectivity index (χ3n) is 9.83. The molecule has 4 fully saturated rings. The number of carbonyl (C=O) groups is 1. The SMILES string of the molecule is CC(=O)O[C@@H]1CC[C@@]2(C)[C@@H](CC[C@@H]3[C@H]2CC[C@@]2(C)[C@@H]3CC[C@H]2C(C)C)C1. The van der Waals surface area contributed by atoms with Gasteiger partial charge in [0.05, 0.1) is 0 Å². The van der Waals surface area contributed by atoms with E-state index in [4.69, 9.17) is 4.74 Å². The first-order chi connectivity index (χ1) is 12.3. The Kier molecular flexibility index (Phi) is 4.72. The molecule has 0 aliphatic heterocycles. The van der Waals surface area contributed by atoms with Gasteiger partial charge in [-0.1, -0.05) is 27.7 Å². The second-order valence-electron chi connectivity index (χ2n) is 11.1. The van der Waals surface area contributed by atoms with Crippen LogP contribution in [-0.2, 0) is 9.53 Å². The summed E-state index contributed by atoms with van der Waals surface area (Å²) in [5, 5.41) is 0. The van der Waals surface area contributed by atoms with Gasteiger partial charge in [0, 0.05) is 6.92 Å². The van der Waals surface area contributed by atoms with Crippen molar-refractivity contribution in [3.8, 4) is 0 Å². The zero-order valence-electron chi connectivity index (χ0n) is 17.7. The number of hydrogen-bond acceptors (Lipinski definition) is 2. The fraction of sp³-hybridized carbons (Fsp3) is 0.958. The molecule has 0 radical (unpaired) electrons. The van der Waals surface area contributed by atoms with E-state index in [0.29, 0.717) is 10.8 Å². The molecule has 0 spiro atoms. The topological polar surface area (TPSA) is 26.3 Å². The molecular formula is C24H40O2. The predicted octanol–water partition coefficient (Wildman–Crippen LogP) is 6.23. The molecule has 26 heavy (non-hydrogen) atoms. The van der Waals surface area contributed by atoms with Crippen molar-refractivity contribution >= 4 is 5.97 Å². The highest BCUT2D eigenvalue weighted by Gasteiger charge is 2.60. The predicted molar refractivity (Wildman–Crippen MR) is 106 cm³/mol. The summed E-state index contributed by atoms with van der Waals surface area (Å²) in [5.74, 6) is 5.32. The minimum Gasteiger partial charge on any atom is -0.463 e. The van der Waals surface area contributed by atoms with Gasteiger partial charge in [0.1, 0.15) is 6.10 Å². The highest BCUT2D eigenvalue weighted by atomic mass is 16.5. The zero-order valence-corrected chi connectivity index (χ0v) is 17.7. The Balaban J connectivity index is 1.53. The molecule has 0 bridgehead atoms. The lowest BCUT2D eigenvalue weighted by atomic mass is 9.44. The minimum atomic E-state index is -0.0913. The van der Waals surface area contributed by atoms with E-state index in [1.165, 1.54) is 44.9 Å². The first-order valence-electron chi connectivity index (χ1n) is 11.4. The van der Waals surface area contributed by atoms with E-state index >= 15 is 0 Å². The minimum absolute atomic E-state index is 0.0913. The van der Waals surface area contributed by atoms with Crippen LogP contribution in [0.1, 0.15) is 92.4 Å². The van der Waals surface area contributed by atoms with Crippen molar-refractivity contribution in [1.29, 1.82) is 0 Å². The van der Waals surface area contributed by atoms with Gasteiger partial charge in [0.15, 0.2) is 0 Å². The maximum Gasteiger partial charge on any atom is 0.302 e. The van der Waals surface area contributed by atoms with Gasteiger partial charge in [-0.25, -0.2) is 0 Å². The van der Waals surface area contributed by atoms with Crippen molar-refractivity contribution < 1.29 is 9.53 Å². The number of rotatable bonds is 2. The van der Waals surface area contributed by atoms with Gasteiger partial charge in [-0.3, -0.25) is 4.79 Å². The van der Waals surface area contributed by atoms with Gasteiger partial charge < -0.3 is 4.74 Å². The molecule has 0 saturated heterocycles. The molecule has 4 aliphatic rings. The van der Waals surface area contributed by atoms with Gasteiger partial charge >= 0.3 is 5.97 Å². The lowest BCUT2D eigenvalue weighted by molar-refractivity contribution is -0.160. The van der Waals surface area contributed by atoms with Crippen molar-refractivity contribution in [2.24, 2.45) is 46.3 Å². The summed E-state index contributed by atoms with van der Waals surface area (Å²) in [7, 11) is 0. The molecule has 0 aromatic heterocycles. The van der Waals surface area contributed by atoms with Crippen molar-refractivity contribution in [3.05, 3.63) is 0 Å². The number of esters is 1. The van der Waals surface area contributed by atoms with Gasteiger partial charge in [0.2, 0.25) is 0 Å². The van der Waals surface area contributed by atoms with Crippen LogP contribution in [0.5, 0.6) is 0 Å². The van der Waals surface area contributed by atoms with Crippen molar-refractivity contribution in [2.45, 2.75) is 98.5 Å². The molecule has 4 aliphatic carbocycles. The Morgan fingerprint density at radius 1 is 0.923 bits per heavy atom. The molecule has 4 rings (SSSR count). The van der Waals surface area contributed by atoms with E-state index in [1.54, 1.807) is 6.92 Å². The van der Waals surface area contributed by atoms with Gasteiger partial charge in [-0.15, -0.1) is 0 Å². The maximum atomic E-state index is 11.4. The number of carbonyl (C=O) groups excluding carboxylic acids is 1. The summed E-state index contributed by atoms with van der Waals surface area (Å²) in [6.07, 6.45) is 12.3. The van der Waals surface area contributed by atoms with E-state index in [1.807, 2.05) is 0 Å². The number of ether oxygens (including phenoxy) is 1. The Bertz CT molecular complexity index is 554. The van der Waals surface area contributed by atoms with E-state index in [-0.39, 0.29) is 12.1 Å². The van der Waals surface area contributed by atoms with Gasteiger partial charge in [-0.2, -0.15) is 0 Å². The summed E-state index contributed by atoms with van der Waals surface area (Å²) in [5.41, 5.74) is 1.10.